The summed E-state index contributed by atoms with van der Waals surface area (Å²) in [6.07, 6.45) is 3.82. The van der Waals surface area contributed by atoms with E-state index < -0.39 is 9.84 Å². The Bertz CT molecular complexity index is 509. The lowest BCUT2D eigenvalue weighted by atomic mass is 10.3. The zero-order chi connectivity index (χ0) is 13.2. The molecule has 1 aliphatic carbocycles. The van der Waals surface area contributed by atoms with Crippen molar-refractivity contribution in [2.45, 2.75) is 23.8 Å². The summed E-state index contributed by atoms with van der Waals surface area (Å²) >= 11 is 0. The summed E-state index contributed by atoms with van der Waals surface area (Å²) in [7, 11) is -1.05. The Balaban J connectivity index is 1.96. The number of benzene rings is 1. The van der Waals surface area contributed by atoms with Crippen LogP contribution in [-0.2, 0) is 9.84 Å². The van der Waals surface area contributed by atoms with Gasteiger partial charge in [0.2, 0.25) is 0 Å². The summed E-state index contributed by atoms with van der Waals surface area (Å²) in [5.74, 6) is 0. The molecule has 1 aromatic carbocycles. The molecule has 4 nitrogen and oxygen atoms in total. The number of hydrogen-bond acceptors (Lipinski definition) is 4. The normalized spacial score (nSPS) is 15.9. The van der Waals surface area contributed by atoms with Crippen molar-refractivity contribution in [2.75, 3.05) is 31.7 Å². The zero-order valence-electron chi connectivity index (χ0n) is 10.9. The molecule has 0 aliphatic heterocycles. The van der Waals surface area contributed by atoms with Crippen LogP contribution in [0.3, 0.4) is 0 Å². The minimum absolute atomic E-state index is 0.374. The van der Waals surface area contributed by atoms with E-state index in [9.17, 15) is 8.42 Å². The first-order chi connectivity index (χ1) is 8.48. The molecule has 0 atom stereocenters. The largest absolute Gasteiger partial charge is 0.383 e. The van der Waals surface area contributed by atoms with E-state index in [0.29, 0.717) is 10.6 Å². The van der Waals surface area contributed by atoms with Gasteiger partial charge in [-0.05, 0) is 32.0 Å². The molecule has 0 amide bonds. The van der Waals surface area contributed by atoms with Crippen molar-refractivity contribution in [2.24, 2.45) is 0 Å². The predicted octanol–water partition coefficient (Wildman–Crippen LogP) is 1.60. The van der Waals surface area contributed by atoms with Crippen LogP contribution in [0.15, 0.2) is 29.2 Å². The Labute approximate surface area is 109 Å². The van der Waals surface area contributed by atoms with Gasteiger partial charge >= 0.3 is 0 Å². The molecule has 0 unspecified atom stereocenters. The topological polar surface area (TPSA) is 49.4 Å². The van der Waals surface area contributed by atoms with E-state index in [0.717, 1.165) is 19.1 Å². The molecule has 1 fully saturated rings. The molecule has 0 heterocycles. The Morgan fingerprint density at radius 1 is 1.33 bits per heavy atom. The van der Waals surface area contributed by atoms with Crippen LogP contribution < -0.4 is 5.32 Å². The summed E-state index contributed by atoms with van der Waals surface area (Å²) in [5.41, 5.74) is 0.698. The van der Waals surface area contributed by atoms with E-state index in [1.807, 2.05) is 12.1 Å². The van der Waals surface area contributed by atoms with Gasteiger partial charge in [-0.15, -0.1) is 0 Å². The van der Waals surface area contributed by atoms with Crippen molar-refractivity contribution in [3.63, 3.8) is 0 Å². The maximum absolute atomic E-state index is 11.6. The molecule has 0 aromatic heterocycles. The van der Waals surface area contributed by atoms with Crippen molar-refractivity contribution < 1.29 is 8.42 Å². The predicted molar refractivity (Wildman–Crippen MR) is 73.7 cm³/mol. The molecule has 0 saturated heterocycles. The first-order valence-corrected chi connectivity index (χ1v) is 8.11. The maximum Gasteiger partial charge on any atom is 0.177 e. The lowest BCUT2D eigenvalue weighted by molar-refractivity contribution is 0.337. The van der Waals surface area contributed by atoms with E-state index in [-0.39, 0.29) is 0 Å². The lowest BCUT2D eigenvalue weighted by Gasteiger charge is -2.17. The molecule has 1 saturated carbocycles. The minimum atomic E-state index is -3.16. The summed E-state index contributed by atoms with van der Waals surface area (Å²) in [4.78, 5) is 2.69. The van der Waals surface area contributed by atoms with Crippen molar-refractivity contribution >= 4 is 15.5 Å². The number of likely N-dealkylation sites (N-methyl/N-ethyl adjacent to an activating group) is 1. The first-order valence-electron chi connectivity index (χ1n) is 6.21. The van der Waals surface area contributed by atoms with Gasteiger partial charge in [-0.25, -0.2) is 8.42 Å². The summed E-state index contributed by atoms with van der Waals surface area (Å²) in [5, 5.41) is 3.21. The van der Waals surface area contributed by atoms with Crippen molar-refractivity contribution in [1.29, 1.82) is 0 Å². The highest BCUT2D eigenvalue weighted by molar-refractivity contribution is 7.90. The second-order valence-corrected chi connectivity index (χ2v) is 6.89. The van der Waals surface area contributed by atoms with E-state index in [2.05, 4.69) is 17.3 Å². The van der Waals surface area contributed by atoms with Crippen LogP contribution in [0.5, 0.6) is 0 Å². The fraction of sp³-hybridized carbons (Fsp3) is 0.538. The van der Waals surface area contributed by atoms with Crippen LogP contribution >= 0.6 is 0 Å². The monoisotopic (exact) mass is 268 g/mol. The van der Waals surface area contributed by atoms with Gasteiger partial charge < -0.3 is 10.2 Å². The van der Waals surface area contributed by atoms with Crippen LogP contribution in [0, 0.1) is 0 Å². The van der Waals surface area contributed by atoms with E-state index in [1.165, 1.54) is 19.1 Å². The fourth-order valence-corrected chi connectivity index (χ4v) is 2.87. The van der Waals surface area contributed by atoms with Crippen LogP contribution in [0.1, 0.15) is 12.8 Å². The summed E-state index contributed by atoms with van der Waals surface area (Å²) < 4.78 is 23.2. The van der Waals surface area contributed by atoms with Gasteiger partial charge in [0.05, 0.1) is 10.6 Å². The highest BCUT2D eigenvalue weighted by Gasteiger charge is 2.25. The first kappa shape index (κ1) is 13.4. The van der Waals surface area contributed by atoms with Crippen LogP contribution in [0.4, 0.5) is 5.69 Å². The second kappa shape index (κ2) is 5.28. The molecule has 100 valence electrons. The molecule has 1 aromatic rings. The van der Waals surface area contributed by atoms with E-state index >= 15 is 0 Å². The number of sulfone groups is 1. The Kier molecular flexibility index (Phi) is 3.92. The van der Waals surface area contributed by atoms with Crippen molar-refractivity contribution in [3.8, 4) is 0 Å². The second-order valence-electron chi connectivity index (χ2n) is 4.91. The molecule has 18 heavy (non-hydrogen) atoms. The molecule has 1 aliphatic rings. The standard InChI is InChI=1S/C13H20N2O2S/c1-15(11-7-8-11)10-9-14-12-5-3-4-6-13(12)18(2,16)17/h3-6,11,14H,7-10H2,1-2H3. The van der Waals surface area contributed by atoms with E-state index in [4.69, 9.17) is 0 Å². The highest BCUT2D eigenvalue weighted by Crippen LogP contribution is 2.25. The maximum atomic E-state index is 11.6. The molecular weight excluding hydrogens is 248 g/mol. The highest BCUT2D eigenvalue weighted by atomic mass is 32.2. The van der Waals surface area contributed by atoms with Crippen molar-refractivity contribution in [3.05, 3.63) is 24.3 Å². The van der Waals surface area contributed by atoms with Crippen LogP contribution in [0.25, 0.3) is 0 Å². The average Bonchev–Trinajstić information content (AvgIpc) is 3.12. The van der Waals surface area contributed by atoms with Gasteiger partial charge in [-0.3, -0.25) is 0 Å². The van der Waals surface area contributed by atoms with Gasteiger partial charge in [0.25, 0.3) is 0 Å². The summed E-state index contributed by atoms with van der Waals surface area (Å²) in [6, 6.07) is 7.78. The molecule has 5 heteroatoms. The SMILES string of the molecule is CN(CCNc1ccccc1S(C)(=O)=O)C1CC1. The molecule has 1 N–H and O–H groups in total. The van der Waals surface area contributed by atoms with Gasteiger partial charge in [0.15, 0.2) is 9.84 Å². The number of nitrogens with zero attached hydrogens (tertiary/aromatic N) is 1. The number of anilines is 1. The van der Waals surface area contributed by atoms with Gasteiger partial charge in [0, 0.05) is 25.4 Å². The number of para-hydroxylation sites is 1. The van der Waals surface area contributed by atoms with Crippen molar-refractivity contribution in [1.82, 2.24) is 4.90 Å². The molecular formula is C13H20N2O2S. The third-order valence-electron chi connectivity index (χ3n) is 3.24. The van der Waals surface area contributed by atoms with Gasteiger partial charge in [-0.1, -0.05) is 12.1 Å². The lowest BCUT2D eigenvalue weighted by Crippen LogP contribution is -2.27. The Hall–Kier alpha value is -1.07. The number of nitrogens with one attached hydrogen (secondary N) is 1. The van der Waals surface area contributed by atoms with Crippen LogP contribution in [0.2, 0.25) is 0 Å². The molecule has 2 rings (SSSR count). The number of hydrogen-bond donors (Lipinski definition) is 1. The van der Waals surface area contributed by atoms with Gasteiger partial charge in [0.1, 0.15) is 0 Å². The van der Waals surface area contributed by atoms with Gasteiger partial charge in [-0.2, -0.15) is 0 Å². The van der Waals surface area contributed by atoms with Crippen LogP contribution in [-0.4, -0.2) is 45.8 Å². The quantitative estimate of drug-likeness (QED) is 0.851. The summed E-state index contributed by atoms with van der Waals surface area (Å²) in [6.45, 7) is 1.70. The third-order valence-corrected chi connectivity index (χ3v) is 4.39. The molecule has 0 spiro atoms. The Morgan fingerprint density at radius 2 is 2.00 bits per heavy atom. The fourth-order valence-electron chi connectivity index (χ4n) is 2.00. The third kappa shape index (κ3) is 3.46. The smallest absolute Gasteiger partial charge is 0.177 e. The zero-order valence-corrected chi connectivity index (χ0v) is 11.7. The average molecular weight is 268 g/mol. The molecule has 0 bridgehead atoms. The number of rotatable bonds is 6. The van der Waals surface area contributed by atoms with E-state index in [1.54, 1.807) is 12.1 Å². The molecule has 0 radical (unpaired) electrons. The minimum Gasteiger partial charge on any atom is -0.383 e. The Morgan fingerprint density at radius 3 is 2.61 bits per heavy atom.